The molecule has 0 radical (unpaired) electrons. The summed E-state index contributed by atoms with van der Waals surface area (Å²) in [5.74, 6) is -0.249. The minimum absolute atomic E-state index is 0.0310. The number of nitro benzene ring substituents is 2. The second-order valence-electron chi connectivity index (χ2n) is 6.80. The van der Waals surface area contributed by atoms with E-state index >= 15 is 0 Å². The van der Waals surface area contributed by atoms with Crippen molar-refractivity contribution in [1.82, 2.24) is 9.97 Å². The lowest BCUT2D eigenvalue weighted by atomic mass is 10.0. The third kappa shape index (κ3) is 4.21. The predicted octanol–water partition coefficient (Wildman–Crippen LogP) is 4.86. The topological polar surface area (TPSA) is 129 Å². The molecule has 0 aliphatic carbocycles. The number of hydrogen-bond acceptors (Lipinski definition) is 7. The molecule has 32 heavy (non-hydrogen) atoms. The molecule has 0 aliphatic rings. The monoisotopic (exact) mass is 426 g/mol. The van der Waals surface area contributed by atoms with Gasteiger partial charge in [0, 0.05) is 58.9 Å². The molecule has 4 aromatic rings. The molecule has 2 heterocycles. The highest BCUT2D eigenvalue weighted by atomic mass is 16.6. The Morgan fingerprint density at radius 2 is 1.00 bits per heavy atom. The van der Waals surface area contributed by atoms with Crippen molar-refractivity contribution in [2.75, 3.05) is 0 Å². The molecule has 2 aromatic heterocycles. The van der Waals surface area contributed by atoms with E-state index in [-0.39, 0.29) is 17.2 Å². The SMILES string of the molecule is O=C(c1ccnc(-c2ccc([N+](=O)[O-])cc2)c1)c1ccnc(-c2ccc([N+](=O)[O-])cc2)c1. The summed E-state index contributed by atoms with van der Waals surface area (Å²) >= 11 is 0. The number of pyridine rings is 2. The van der Waals surface area contributed by atoms with E-state index in [2.05, 4.69) is 9.97 Å². The van der Waals surface area contributed by atoms with Gasteiger partial charge < -0.3 is 0 Å². The fraction of sp³-hybridized carbons (Fsp3) is 0. The Kier molecular flexibility index (Phi) is 5.45. The number of aromatic nitrogens is 2. The minimum Gasteiger partial charge on any atom is -0.289 e. The van der Waals surface area contributed by atoms with Gasteiger partial charge in [-0.25, -0.2) is 0 Å². The Morgan fingerprint density at radius 3 is 1.34 bits per heavy atom. The van der Waals surface area contributed by atoms with Crippen LogP contribution in [0.25, 0.3) is 22.5 Å². The molecule has 0 fully saturated rings. The van der Waals surface area contributed by atoms with Crippen molar-refractivity contribution in [1.29, 1.82) is 0 Å². The van der Waals surface area contributed by atoms with Crippen LogP contribution in [0.1, 0.15) is 15.9 Å². The maximum Gasteiger partial charge on any atom is 0.269 e. The third-order valence-corrected chi connectivity index (χ3v) is 4.79. The van der Waals surface area contributed by atoms with Gasteiger partial charge in [0.05, 0.1) is 21.2 Å². The van der Waals surface area contributed by atoms with Gasteiger partial charge in [0.2, 0.25) is 0 Å². The molecule has 0 spiro atoms. The molecule has 156 valence electrons. The van der Waals surface area contributed by atoms with Crippen molar-refractivity contribution >= 4 is 17.2 Å². The first-order valence-electron chi connectivity index (χ1n) is 9.39. The molecule has 0 N–H and O–H groups in total. The summed E-state index contributed by atoms with van der Waals surface area (Å²) in [6.07, 6.45) is 3.00. The van der Waals surface area contributed by atoms with Crippen molar-refractivity contribution in [3.05, 3.63) is 117 Å². The number of benzene rings is 2. The van der Waals surface area contributed by atoms with Crippen LogP contribution in [0.15, 0.2) is 85.2 Å². The number of ketones is 1. The highest BCUT2D eigenvalue weighted by molar-refractivity contribution is 6.09. The van der Waals surface area contributed by atoms with Crippen LogP contribution >= 0.6 is 0 Å². The number of nitro groups is 2. The summed E-state index contributed by atoms with van der Waals surface area (Å²) in [4.78, 5) is 42.3. The lowest BCUT2D eigenvalue weighted by Gasteiger charge is -2.06. The molecule has 9 nitrogen and oxygen atoms in total. The first kappa shape index (κ1) is 20.5. The molecule has 0 aliphatic heterocycles. The van der Waals surface area contributed by atoms with E-state index in [9.17, 15) is 25.0 Å². The summed E-state index contributed by atoms with van der Waals surface area (Å²) < 4.78 is 0. The fourth-order valence-corrected chi connectivity index (χ4v) is 3.13. The molecule has 9 heteroatoms. The lowest BCUT2D eigenvalue weighted by molar-refractivity contribution is -0.385. The molecule has 0 amide bonds. The van der Waals surface area contributed by atoms with Crippen molar-refractivity contribution < 1.29 is 14.6 Å². The van der Waals surface area contributed by atoms with Crippen LogP contribution in [-0.2, 0) is 0 Å². The molecular weight excluding hydrogens is 412 g/mol. The predicted molar refractivity (Wildman–Crippen MR) is 116 cm³/mol. The van der Waals surface area contributed by atoms with Gasteiger partial charge in [-0.2, -0.15) is 0 Å². The van der Waals surface area contributed by atoms with Gasteiger partial charge in [-0.1, -0.05) is 0 Å². The highest BCUT2D eigenvalue weighted by Gasteiger charge is 2.14. The summed E-state index contributed by atoms with van der Waals surface area (Å²) in [5.41, 5.74) is 3.04. The number of carbonyl (C=O) groups excluding carboxylic acids is 1. The average Bonchev–Trinajstić information content (AvgIpc) is 2.84. The second-order valence-corrected chi connectivity index (χ2v) is 6.80. The van der Waals surface area contributed by atoms with Crippen LogP contribution < -0.4 is 0 Å². The fourth-order valence-electron chi connectivity index (χ4n) is 3.13. The Morgan fingerprint density at radius 1 is 0.625 bits per heavy atom. The molecular formula is C23H14N4O5. The van der Waals surface area contributed by atoms with Crippen LogP contribution in [-0.4, -0.2) is 25.6 Å². The largest absolute Gasteiger partial charge is 0.289 e. The lowest BCUT2D eigenvalue weighted by Crippen LogP contribution is -2.03. The van der Waals surface area contributed by atoms with E-state index in [0.29, 0.717) is 33.6 Å². The molecule has 0 unspecified atom stereocenters. The number of hydrogen-bond donors (Lipinski definition) is 0. The van der Waals surface area contributed by atoms with Gasteiger partial charge >= 0.3 is 0 Å². The Bertz CT molecular complexity index is 1230. The smallest absolute Gasteiger partial charge is 0.269 e. The van der Waals surface area contributed by atoms with E-state index in [1.165, 1.54) is 36.7 Å². The highest BCUT2D eigenvalue weighted by Crippen LogP contribution is 2.24. The van der Waals surface area contributed by atoms with Crippen LogP contribution in [0.5, 0.6) is 0 Å². The third-order valence-electron chi connectivity index (χ3n) is 4.79. The average molecular weight is 426 g/mol. The minimum atomic E-state index is -0.483. The van der Waals surface area contributed by atoms with Crippen molar-refractivity contribution in [3.63, 3.8) is 0 Å². The van der Waals surface area contributed by atoms with E-state index in [0.717, 1.165) is 0 Å². The van der Waals surface area contributed by atoms with Crippen molar-refractivity contribution in [2.24, 2.45) is 0 Å². The molecule has 0 saturated heterocycles. The molecule has 2 aromatic carbocycles. The molecule has 0 atom stereocenters. The molecule has 4 rings (SSSR count). The second kappa shape index (κ2) is 8.52. The van der Waals surface area contributed by atoms with Crippen molar-refractivity contribution in [2.45, 2.75) is 0 Å². The van der Waals surface area contributed by atoms with Gasteiger partial charge in [-0.3, -0.25) is 35.0 Å². The van der Waals surface area contributed by atoms with Crippen LogP contribution in [0.4, 0.5) is 11.4 Å². The number of nitrogens with zero attached hydrogens (tertiary/aromatic N) is 4. The Hall–Kier alpha value is -4.79. The van der Waals surface area contributed by atoms with Crippen LogP contribution in [0, 0.1) is 20.2 Å². The van der Waals surface area contributed by atoms with E-state index in [4.69, 9.17) is 0 Å². The first-order valence-corrected chi connectivity index (χ1v) is 9.39. The van der Waals surface area contributed by atoms with Gasteiger partial charge in [-0.15, -0.1) is 0 Å². The summed E-state index contributed by atoms with van der Waals surface area (Å²) in [7, 11) is 0. The Balaban J connectivity index is 1.62. The quantitative estimate of drug-likeness (QED) is 0.244. The van der Waals surface area contributed by atoms with E-state index < -0.39 is 9.85 Å². The summed E-state index contributed by atoms with van der Waals surface area (Å²) in [6.45, 7) is 0. The molecule has 0 saturated carbocycles. The van der Waals surface area contributed by atoms with Gasteiger partial charge in [0.1, 0.15) is 0 Å². The maximum atomic E-state index is 13.1. The summed E-state index contributed by atoms with van der Waals surface area (Å²) in [5, 5.41) is 21.7. The number of rotatable bonds is 6. The standard InChI is InChI=1S/C23H14N4O5/c28-23(17-9-11-24-21(13-17)15-1-5-19(6-2-15)26(29)30)18-10-12-25-22(14-18)16-3-7-20(8-4-16)27(31)32/h1-14H. The van der Waals surface area contributed by atoms with E-state index in [1.54, 1.807) is 48.5 Å². The number of non-ortho nitro benzene ring substituents is 2. The van der Waals surface area contributed by atoms with E-state index in [1.807, 2.05) is 0 Å². The normalized spacial score (nSPS) is 10.5. The Labute approximate surface area is 181 Å². The zero-order valence-corrected chi connectivity index (χ0v) is 16.4. The zero-order valence-electron chi connectivity index (χ0n) is 16.4. The van der Waals surface area contributed by atoms with Crippen LogP contribution in [0.2, 0.25) is 0 Å². The number of carbonyl (C=O) groups is 1. The van der Waals surface area contributed by atoms with Crippen LogP contribution in [0.3, 0.4) is 0 Å². The van der Waals surface area contributed by atoms with Gasteiger partial charge in [0.25, 0.3) is 11.4 Å². The maximum absolute atomic E-state index is 13.1. The summed E-state index contributed by atoms with van der Waals surface area (Å²) in [6, 6.07) is 18.2. The molecule has 0 bridgehead atoms. The first-order chi connectivity index (χ1) is 15.4. The van der Waals surface area contributed by atoms with Gasteiger partial charge in [0.15, 0.2) is 5.78 Å². The van der Waals surface area contributed by atoms with Gasteiger partial charge in [-0.05, 0) is 48.5 Å². The van der Waals surface area contributed by atoms with Crippen molar-refractivity contribution in [3.8, 4) is 22.5 Å². The zero-order chi connectivity index (χ0) is 22.7.